The highest BCUT2D eigenvalue weighted by atomic mass is 79.9. The molecule has 0 aliphatic carbocycles. The summed E-state index contributed by atoms with van der Waals surface area (Å²) in [6, 6.07) is 13.1. The molecular weight excluding hydrogens is 386 g/mol. The molecule has 2 rings (SSSR count). The molecule has 0 aromatic heterocycles. The van der Waals surface area contributed by atoms with Gasteiger partial charge in [0.05, 0.1) is 0 Å². The van der Waals surface area contributed by atoms with E-state index >= 15 is 0 Å². The molecule has 1 amide bonds. The van der Waals surface area contributed by atoms with Gasteiger partial charge in [-0.1, -0.05) is 44.0 Å². The van der Waals surface area contributed by atoms with Gasteiger partial charge in [0.15, 0.2) is 6.61 Å². The van der Waals surface area contributed by atoms with E-state index in [-0.39, 0.29) is 12.5 Å². The van der Waals surface area contributed by atoms with Gasteiger partial charge in [-0.25, -0.2) is 0 Å². The summed E-state index contributed by atoms with van der Waals surface area (Å²) in [5.41, 5.74) is 1.72. The average Bonchev–Trinajstić information content (AvgIpc) is 2.40. The van der Waals surface area contributed by atoms with Gasteiger partial charge in [0.1, 0.15) is 5.75 Å². The van der Waals surface area contributed by atoms with Gasteiger partial charge in [0.25, 0.3) is 5.91 Å². The number of rotatable bonds is 4. The molecule has 0 fully saturated rings. The zero-order valence-electron chi connectivity index (χ0n) is 10.8. The number of ether oxygens (including phenoxy) is 1. The largest absolute Gasteiger partial charge is 0.483 e. The van der Waals surface area contributed by atoms with E-state index in [2.05, 4.69) is 37.2 Å². The molecule has 2 aromatic carbocycles. The van der Waals surface area contributed by atoms with Crippen LogP contribution in [0.1, 0.15) is 5.56 Å². The minimum absolute atomic E-state index is 0.0240. The summed E-state index contributed by atoms with van der Waals surface area (Å²) in [4.78, 5) is 11.8. The van der Waals surface area contributed by atoms with Gasteiger partial charge in [-0.2, -0.15) is 0 Å². The van der Waals surface area contributed by atoms with Crippen molar-refractivity contribution in [1.29, 1.82) is 0 Å². The molecule has 0 unspecified atom stereocenters. The molecule has 5 heteroatoms. The normalized spacial score (nSPS) is 10.2. The first-order chi connectivity index (χ1) is 9.54. The maximum absolute atomic E-state index is 11.8. The maximum atomic E-state index is 11.8. The highest BCUT2D eigenvalue weighted by molar-refractivity contribution is 9.10. The Bertz CT molecular complexity index is 629. The van der Waals surface area contributed by atoms with Gasteiger partial charge in [-0.05, 0) is 42.8 Å². The predicted octanol–water partition coefficient (Wildman–Crippen LogP) is 4.54. The molecule has 104 valence electrons. The zero-order chi connectivity index (χ0) is 14.5. The summed E-state index contributed by atoms with van der Waals surface area (Å²) >= 11 is 6.74. The van der Waals surface area contributed by atoms with Crippen LogP contribution >= 0.6 is 31.9 Å². The number of amides is 1. The van der Waals surface area contributed by atoms with E-state index in [1.165, 1.54) is 0 Å². The Kier molecular flexibility index (Phi) is 5.20. The highest BCUT2D eigenvalue weighted by Crippen LogP contribution is 2.23. The fraction of sp³-hybridized carbons (Fsp3) is 0.133. The lowest BCUT2D eigenvalue weighted by Gasteiger charge is -2.10. The van der Waals surface area contributed by atoms with Crippen LogP contribution in [0.2, 0.25) is 0 Å². The van der Waals surface area contributed by atoms with Crippen LogP contribution in [0.15, 0.2) is 51.4 Å². The Morgan fingerprint density at radius 1 is 1.15 bits per heavy atom. The fourth-order valence-corrected chi connectivity index (χ4v) is 2.38. The molecular formula is C15H13Br2NO2. The average molecular weight is 399 g/mol. The fourth-order valence-electron chi connectivity index (χ4n) is 1.64. The number of halogens is 2. The third kappa shape index (κ3) is 4.35. The van der Waals surface area contributed by atoms with Crippen molar-refractivity contribution in [3.63, 3.8) is 0 Å². The van der Waals surface area contributed by atoms with Crippen molar-refractivity contribution < 1.29 is 9.53 Å². The molecule has 20 heavy (non-hydrogen) atoms. The van der Waals surface area contributed by atoms with Crippen molar-refractivity contribution in [2.75, 3.05) is 11.9 Å². The standard InChI is InChI=1S/C15H13Br2NO2/c1-10-5-6-12(17)8-14(10)20-9-15(19)18-13-4-2-3-11(16)7-13/h2-8H,9H2,1H3,(H,18,19). The molecule has 0 atom stereocenters. The Labute approximate surface area is 134 Å². The van der Waals surface area contributed by atoms with E-state index in [1.807, 2.05) is 49.4 Å². The molecule has 2 aromatic rings. The highest BCUT2D eigenvalue weighted by Gasteiger charge is 2.06. The van der Waals surface area contributed by atoms with Crippen LogP contribution in [0.4, 0.5) is 5.69 Å². The Hall–Kier alpha value is -1.33. The molecule has 3 nitrogen and oxygen atoms in total. The quantitative estimate of drug-likeness (QED) is 0.821. The molecule has 0 aliphatic heterocycles. The second-order valence-electron chi connectivity index (χ2n) is 4.26. The number of nitrogens with one attached hydrogen (secondary N) is 1. The Morgan fingerprint density at radius 3 is 2.65 bits per heavy atom. The van der Waals surface area contributed by atoms with Crippen LogP contribution in [-0.2, 0) is 4.79 Å². The summed E-state index contributed by atoms with van der Waals surface area (Å²) in [6.07, 6.45) is 0. The van der Waals surface area contributed by atoms with Crippen molar-refractivity contribution in [2.45, 2.75) is 6.92 Å². The van der Waals surface area contributed by atoms with Crippen LogP contribution < -0.4 is 10.1 Å². The zero-order valence-corrected chi connectivity index (χ0v) is 14.0. The number of benzene rings is 2. The maximum Gasteiger partial charge on any atom is 0.262 e. The van der Waals surface area contributed by atoms with Gasteiger partial charge >= 0.3 is 0 Å². The summed E-state index contributed by atoms with van der Waals surface area (Å²) in [6.45, 7) is 1.91. The minimum Gasteiger partial charge on any atom is -0.483 e. The van der Waals surface area contributed by atoms with Crippen molar-refractivity contribution in [2.24, 2.45) is 0 Å². The first-order valence-corrected chi connectivity index (χ1v) is 7.57. The Balaban J connectivity index is 1.94. The lowest BCUT2D eigenvalue weighted by atomic mass is 10.2. The SMILES string of the molecule is Cc1ccc(Br)cc1OCC(=O)Nc1cccc(Br)c1. The third-order valence-electron chi connectivity index (χ3n) is 2.62. The number of carbonyl (C=O) groups is 1. The van der Waals surface area contributed by atoms with E-state index in [0.717, 1.165) is 20.2 Å². The molecule has 1 N–H and O–H groups in total. The van der Waals surface area contributed by atoms with E-state index < -0.39 is 0 Å². The number of anilines is 1. The second-order valence-corrected chi connectivity index (χ2v) is 6.09. The summed E-state index contributed by atoms with van der Waals surface area (Å²) < 4.78 is 7.37. The summed E-state index contributed by atoms with van der Waals surface area (Å²) in [5.74, 6) is 0.506. The van der Waals surface area contributed by atoms with Crippen molar-refractivity contribution in [1.82, 2.24) is 0 Å². The molecule has 0 bridgehead atoms. The van der Waals surface area contributed by atoms with Gasteiger partial charge in [0, 0.05) is 14.6 Å². The number of hydrogen-bond acceptors (Lipinski definition) is 2. The molecule has 0 aliphatic rings. The third-order valence-corrected chi connectivity index (χ3v) is 3.60. The molecule has 0 saturated carbocycles. The smallest absolute Gasteiger partial charge is 0.262 e. The lowest BCUT2D eigenvalue weighted by Crippen LogP contribution is -2.20. The minimum atomic E-state index is -0.192. The van der Waals surface area contributed by atoms with Crippen LogP contribution in [0.3, 0.4) is 0 Å². The van der Waals surface area contributed by atoms with Crippen molar-refractivity contribution in [3.8, 4) is 5.75 Å². The first-order valence-electron chi connectivity index (χ1n) is 5.99. The number of hydrogen-bond donors (Lipinski definition) is 1. The predicted molar refractivity (Wildman–Crippen MR) is 87.1 cm³/mol. The van der Waals surface area contributed by atoms with Gasteiger partial charge in [0.2, 0.25) is 0 Å². The molecule has 0 saturated heterocycles. The monoisotopic (exact) mass is 397 g/mol. The number of aryl methyl sites for hydroxylation is 1. The van der Waals surface area contributed by atoms with E-state index in [4.69, 9.17) is 4.74 Å². The van der Waals surface area contributed by atoms with E-state index in [1.54, 1.807) is 0 Å². The van der Waals surface area contributed by atoms with E-state index in [9.17, 15) is 4.79 Å². The van der Waals surface area contributed by atoms with Crippen LogP contribution in [0.5, 0.6) is 5.75 Å². The van der Waals surface area contributed by atoms with Gasteiger partial charge in [-0.3, -0.25) is 4.79 Å². The molecule has 0 spiro atoms. The van der Waals surface area contributed by atoms with Crippen LogP contribution in [0.25, 0.3) is 0 Å². The second kappa shape index (κ2) is 6.90. The van der Waals surface area contributed by atoms with Crippen molar-refractivity contribution in [3.05, 3.63) is 57.0 Å². The number of carbonyl (C=O) groups excluding carboxylic acids is 1. The van der Waals surface area contributed by atoms with Crippen molar-refractivity contribution >= 4 is 43.5 Å². The topological polar surface area (TPSA) is 38.3 Å². The molecule has 0 heterocycles. The molecule has 0 radical (unpaired) electrons. The Morgan fingerprint density at radius 2 is 1.90 bits per heavy atom. The lowest BCUT2D eigenvalue weighted by molar-refractivity contribution is -0.118. The van der Waals surface area contributed by atoms with Gasteiger partial charge in [-0.15, -0.1) is 0 Å². The van der Waals surface area contributed by atoms with Crippen LogP contribution in [-0.4, -0.2) is 12.5 Å². The summed E-state index contributed by atoms with van der Waals surface area (Å²) in [7, 11) is 0. The van der Waals surface area contributed by atoms with Gasteiger partial charge < -0.3 is 10.1 Å². The first kappa shape index (κ1) is 15.1. The van der Waals surface area contributed by atoms with Crippen LogP contribution in [0, 0.1) is 6.92 Å². The van der Waals surface area contributed by atoms with E-state index in [0.29, 0.717) is 5.75 Å². The summed E-state index contributed by atoms with van der Waals surface area (Å²) in [5, 5.41) is 2.78.